The van der Waals surface area contributed by atoms with Crippen LogP contribution in [0.5, 0.6) is 5.75 Å². The lowest BCUT2D eigenvalue weighted by Crippen LogP contribution is -2.30. The quantitative estimate of drug-likeness (QED) is 0.714. The highest BCUT2D eigenvalue weighted by atomic mass is 16.4. The van der Waals surface area contributed by atoms with Gasteiger partial charge in [0.05, 0.1) is 5.69 Å². The standard InChI is InChI=1S/C16H22N2O4/c1-5-7-17(8-6-2)10-13-15(20)14(19)9-11(3)18(13)12(4)16(21)22/h5-6,9,12,20H,1-2,7-8,10H2,3-4H3,(H,21,22). The average Bonchev–Trinajstić information content (AvgIpc) is 2.44. The molecule has 1 aromatic heterocycles. The highest BCUT2D eigenvalue weighted by Gasteiger charge is 2.22. The van der Waals surface area contributed by atoms with Crippen LogP contribution in [0.1, 0.15) is 24.4 Å². The zero-order chi connectivity index (χ0) is 16.9. The maximum absolute atomic E-state index is 11.8. The summed E-state index contributed by atoms with van der Waals surface area (Å²) in [6, 6.07) is 0.347. The SMILES string of the molecule is C=CCN(CC=C)Cc1c(O)c(=O)cc(C)n1C(C)C(=O)O. The summed E-state index contributed by atoms with van der Waals surface area (Å²) < 4.78 is 1.47. The van der Waals surface area contributed by atoms with Gasteiger partial charge in [-0.3, -0.25) is 9.69 Å². The number of aromatic nitrogens is 1. The second-order valence-corrected chi connectivity index (χ2v) is 5.10. The van der Waals surface area contributed by atoms with Crippen molar-refractivity contribution in [2.75, 3.05) is 13.1 Å². The zero-order valence-corrected chi connectivity index (χ0v) is 13.0. The van der Waals surface area contributed by atoms with Gasteiger partial charge in [0.25, 0.3) is 0 Å². The Bertz CT molecular complexity index is 624. The number of pyridine rings is 1. The number of aromatic hydroxyl groups is 1. The highest BCUT2D eigenvalue weighted by Crippen LogP contribution is 2.21. The van der Waals surface area contributed by atoms with E-state index in [0.29, 0.717) is 18.8 Å². The predicted octanol–water partition coefficient (Wildman–Crippen LogP) is 1.68. The summed E-state index contributed by atoms with van der Waals surface area (Å²) in [5, 5.41) is 19.4. The Kier molecular flexibility index (Phi) is 6.12. The van der Waals surface area contributed by atoms with Crippen LogP contribution in [-0.4, -0.2) is 38.7 Å². The van der Waals surface area contributed by atoms with Crippen LogP contribution in [0.15, 0.2) is 36.2 Å². The van der Waals surface area contributed by atoms with Crippen molar-refractivity contribution in [1.29, 1.82) is 0 Å². The molecule has 1 rings (SSSR count). The second kappa shape index (κ2) is 7.61. The molecule has 120 valence electrons. The fourth-order valence-electron chi connectivity index (χ4n) is 2.38. The molecule has 6 heteroatoms. The number of aryl methyl sites for hydroxylation is 1. The number of carbonyl (C=O) groups is 1. The summed E-state index contributed by atoms with van der Waals surface area (Å²) in [5.41, 5.74) is 0.256. The van der Waals surface area contributed by atoms with Gasteiger partial charge in [-0.15, -0.1) is 13.2 Å². The molecule has 0 aromatic carbocycles. The number of hydrogen-bond acceptors (Lipinski definition) is 4. The molecule has 0 spiro atoms. The predicted molar refractivity (Wildman–Crippen MR) is 85.1 cm³/mol. The first-order valence-corrected chi connectivity index (χ1v) is 6.94. The van der Waals surface area contributed by atoms with E-state index in [0.717, 1.165) is 0 Å². The molecule has 0 bridgehead atoms. The zero-order valence-electron chi connectivity index (χ0n) is 13.0. The van der Waals surface area contributed by atoms with Gasteiger partial charge in [0.15, 0.2) is 5.75 Å². The van der Waals surface area contributed by atoms with Crippen LogP contribution in [0.25, 0.3) is 0 Å². The van der Waals surface area contributed by atoms with E-state index in [-0.39, 0.29) is 12.2 Å². The molecule has 2 N–H and O–H groups in total. The first-order chi connectivity index (χ1) is 10.3. The summed E-state index contributed by atoms with van der Waals surface area (Å²) in [7, 11) is 0. The summed E-state index contributed by atoms with van der Waals surface area (Å²) in [6.07, 6.45) is 3.39. The summed E-state index contributed by atoms with van der Waals surface area (Å²) >= 11 is 0. The Hall–Kier alpha value is -2.34. The molecule has 6 nitrogen and oxygen atoms in total. The van der Waals surface area contributed by atoms with Crippen LogP contribution >= 0.6 is 0 Å². The topological polar surface area (TPSA) is 82.8 Å². The van der Waals surface area contributed by atoms with E-state index >= 15 is 0 Å². The van der Waals surface area contributed by atoms with Gasteiger partial charge in [-0.05, 0) is 13.8 Å². The van der Waals surface area contributed by atoms with Crippen LogP contribution in [-0.2, 0) is 11.3 Å². The normalized spacial score (nSPS) is 12.1. The van der Waals surface area contributed by atoms with Crippen molar-refractivity contribution >= 4 is 5.97 Å². The van der Waals surface area contributed by atoms with Crippen LogP contribution in [0.4, 0.5) is 0 Å². The van der Waals surface area contributed by atoms with Crippen molar-refractivity contribution in [1.82, 2.24) is 9.47 Å². The molecule has 1 atom stereocenters. The van der Waals surface area contributed by atoms with Crippen molar-refractivity contribution in [3.63, 3.8) is 0 Å². The van der Waals surface area contributed by atoms with Crippen LogP contribution in [0.3, 0.4) is 0 Å². The molecule has 1 unspecified atom stereocenters. The van der Waals surface area contributed by atoms with E-state index in [1.165, 1.54) is 17.6 Å². The smallest absolute Gasteiger partial charge is 0.326 e. The van der Waals surface area contributed by atoms with E-state index in [4.69, 9.17) is 0 Å². The third-order valence-corrected chi connectivity index (χ3v) is 3.41. The number of carboxylic acids is 1. The lowest BCUT2D eigenvalue weighted by Gasteiger charge is -2.25. The third kappa shape index (κ3) is 3.85. The summed E-state index contributed by atoms with van der Waals surface area (Å²) in [5.74, 6) is -1.46. The Morgan fingerprint density at radius 2 is 1.95 bits per heavy atom. The van der Waals surface area contributed by atoms with Crippen LogP contribution in [0, 0.1) is 6.92 Å². The monoisotopic (exact) mass is 306 g/mol. The van der Waals surface area contributed by atoms with Crippen molar-refractivity contribution in [2.45, 2.75) is 26.4 Å². The number of carboxylic acid groups (broad SMARTS) is 1. The molecule has 0 aliphatic carbocycles. The van der Waals surface area contributed by atoms with Crippen LogP contribution < -0.4 is 5.43 Å². The minimum absolute atomic E-state index is 0.221. The van der Waals surface area contributed by atoms with Gasteiger partial charge in [0.1, 0.15) is 6.04 Å². The highest BCUT2D eigenvalue weighted by molar-refractivity contribution is 5.71. The number of hydrogen-bond donors (Lipinski definition) is 2. The van der Waals surface area contributed by atoms with Gasteiger partial charge in [-0.2, -0.15) is 0 Å². The molecular formula is C16H22N2O4. The fourth-order valence-corrected chi connectivity index (χ4v) is 2.38. The summed E-state index contributed by atoms with van der Waals surface area (Å²) in [4.78, 5) is 25.0. The summed E-state index contributed by atoms with van der Waals surface area (Å²) in [6.45, 7) is 11.8. The number of aliphatic carboxylic acids is 1. The molecule has 22 heavy (non-hydrogen) atoms. The molecule has 1 heterocycles. The van der Waals surface area contributed by atoms with Gasteiger partial charge in [0.2, 0.25) is 5.43 Å². The van der Waals surface area contributed by atoms with Crippen molar-refractivity contribution in [3.05, 3.63) is 53.0 Å². The molecule has 0 aliphatic rings. The van der Waals surface area contributed by atoms with E-state index in [9.17, 15) is 19.8 Å². The van der Waals surface area contributed by atoms with Gasteiger partial charge < -0.3 is 14.8 Å². The van der Waals surface area contributed by atoms with Crippen molar-refractivity contribution in [2.24, 2.45) is 0 Å². The number of nitrogens with zero attached hydrogens (tertiary/aromatic N) is 2. The largest absolute Gasteiger partial charge is 0.503 e. The minimum atomic E-state index is -1.04. The third-order valence-electron chi connectivity index (χ3n) is 3.41. The van der Waals surface area contributed by atoms with E-state index in [1.807, 2.05) is 4.90 Å². The maximum atomic E-state index is 11.8. The van der Waals surface area contributed by atoms with E-state index in [2.05, 4.69) is 13.2 Å². The molecule has 1 aromatic rings. The van der Waals surface area contributed by atoms with Crippen molar-refractivity contribution in [3.8, 4) is 5.75 Å². The maximum Gasteiger partial charge on any atom is 0.326 e. The Labute approximate surface area is 129 Å². The van der Waals surface area contributed by atoms with Crippen LogP contribution in [0.2, 0.25) is 0 Å². The first-order valence-electron chi connectivity index (χ1n) is 6.94. The van der Waals surface area contributed by atoms with Gasteiger partial charge in [-0.25, -0.2) is 4.79 Å². The Morgan fingerprint density at radius 3 is 2.41 bits per heavy atom. The minimum Gasteiger partial charge on any atom is -0.503 e. The molecule has 0 saturated heterocycles. The van der Waals surface area contributed by atoms with E-state index in [1.54, 1.807) is 19.1 Å². The molecule has 0 saturated carbocycles. The average molecular weight is 306 g/mol. The fraction of sp³-hybridized carbons (Fsp3) is 0.375. The Morgan fingerprint density at radius 1 is 1.41 bits per heavy atom. The molecule has 0 aliphatic heterocycles. The molecule has 0 radical (unpaired) electrons. The van der Waals surface area contributed by atoms with Crippen molar-refractivity contribution < 1.29 is 15.0 Å². The van der Waals surface area contributed by atoms with Gasteiger partial charge in [-0.1, -0.05) is 12.2 Å². The molecule has 0 fully saturated rings. The molecular weight excluding hydrogens is 284 g/mol. The first kappa shape index (κ1) is 17.7. The second-order valence-electron chi connectivity index (χ2n) is 5.10. The lowest BCUT2D eigenvalue weighted by molar-refractivity contribution is -0.140. The Balaban J connectivity index is 3.42. The van der Waals surface area contributed by atoms with Gasteiger partial charge in [0, 0.05) is 31.4 Å². The van der Waals surface area contributed by atoms with Gasteiger partial charge >= 0.3 is 5.97 Å². The number of rotatable bonds is 8. The van der Waals surface area contributed by atoms with E-state index < -0.39 is 23.2 Å². The molecule has 0 amide bonds. The lowest BCUT2D eigenvalue weighted by atomic mass is 10.2.